The lowest BCUT2D eigenvalue weighted by Gasteiger charge is -2.34. The molecule has 0 bridgehead atoms. The number of nitrogens with one attached hydrogen (secondary N) is 1. The summed E-state index contributed by atoms with van der Waals surface area (Å²) in [7, 11) is -4.12. The third-order valence-electron chi connectivity index (χ3n) is 7.27. The van der Waals surface area contributed by atoms with Crippen LogP contribution in [-0.2, 0) is 39.0 Å². The van der Waals surface area contributed by atoms with Crippen molar-refractivity contribution in [2.24, 2.45) is 0 Å². The van der Waals surface area contributed by atoms with Crippen LogP contribution in [0.15, 0.2) is 120 Å². The van der Waals surface area contributed by atoms with Crippen LogP contribution in [0.2, 0.25) is 0 Å². The average Bonchev–Trinajstić information content (AvgIpc) is 3.05. The van der Waals surface area contributed by atoms with Crippen LogP contribution in [0.1, 0.15) is 37.0 Å². The molecular formula is C35H39N3O4S. The van der Waals surface area contributed by atoms with Gasteiger partial charge in [-0.25, -0.2) is 8.42 Å². The Morgan fingerprint density at radius 1 is 0.744 bits per heavy atom. The molecule has 8 heteroatoms. The maximum Gasteiger partial charge on any atom is 0.264 e. The van der Waals surface area contributed by atoms with E-state index >= 15 is 0 Å². The Bertz CT molecular complexity index is 1580. The van der Waals surface area contributed by atoms with Gasteiger partial charge in [0.05, 0.1) is 10.6 Å². The topological polar surface area (TPSA) is 86.8 Å². The first-order valence-corrected chi connectivity index (χ1v) is 16.1. The first kappa shape index (κ1) is 31.5. The Labute approximate surface area is 255 Å². The summed E-state index contributed by atoms with van der Waals surface area (Å²) in [4.78, 5) is 29.8. The number of aryl methyl sites for hydroxylation is 1. The quantitative estimate of drug-likeness (QED) is 0.205. The maximum absolute atomic E-state index is 14.5. The van der Waals surface area contributed by atoms with Crippen LogP contribution in [0.5, 0.6) is 0 Å². The number of nitrogens with zero attached hydrogens (tertiary/aromatic N) is 2. The molecule has 224 valence electrons. The molecule has 0 aromatic heterocycles. The number of rotatable bonds is 14. The van der Waals surface area contributed by atoms with Crippen LogP contribution in [-0.4, -0.2) is 44.3 Å². The molecular weight excluding hydrogens is 558 g/mol. The summed E-state index contributed by atoms with van der Waals surface area (Å²) in [5, 5.41) is 2.97. The van der Waals surface area contributed by atoms with Crippen molar-refractivity contribution in [1.82, 2.24) is 10.2 Å². The Balaban J connectivity index is 1.80. The van der Waals surface area contributed by atoms with E-state index in [1.807, 2.05) is 86.6 Å². The van der Waals surface area contributed by atoms with Crippen LogP contribution in [0.3, 0.4) is 0 Å². The number of para-hydroxylation sites is 1. The maximum atomic E-state index is 14.5. The number of anilines is 1. The fourth-order valence-electron chi connectivity index (χ4n) is 4.99. The second-order valence-corrected chi connectivity index (χ2v) is 12.2. The highest BCUT2D eigenvalue weighted by molar-refractivity contribution is 7.92. The van der Waals surface area contributed by atoms with Crippen LogP contribution >= 0.6 is 0 Å². The van der Waals surface area contributed by atoms with E-state index in [2.05, 4.69) is 5.32 Å². The first-order valence-electron chi connectivity index (χ1n) is 14.7. The van der Waals surface area contributed by atoms with Crippen molar-refractivity contribution in [1.29, 1.82) is 0 Å². The largest absolute Gasteiger partial charge is 0.354 e. The summed E-state index contributed by atoms with van der Waals surface area (Å²) in [6.07, 6.45) is 1.61. The summed E-state index contributed by atoms with van der Waals surface area (Å²) >= 11 is 0. The molecule has 43 heavy (non-hydrogen) atoms. The van der Waals surface area contributed by atoms with Gasteiger partial charge in [-0.05, 0) is 47.7 Å². The van der Waals surface area contributed by atoms with Gasteiger partial charge in [0.2, 0.25) is 11.8 Å². The standard InChI is InChI=1S/C35H39N3O4S/c1-3-24-36-35(40)33(25-28-16-8-5-9-17-28)37(26-29-18-10-6-11-19-29)34(39)27-38(32-23-15-14-20-30(32)4-2)43(41,42)31-21-12-7-13-22-31/h5-23,33H,3-4,24-27H2,1-2H3,(H,36,40)/t33-/m0/s1. The van der Waals surface area contributed by atoms with Gasteiger partial charge in [-0.15, -0.1) is 0 Å². The molecule has 4 rings (SSSR count). The highest BCUT2D eigenvalue weighted by atomic mass is 32.2. The molecule has 1 N–H and O–H groups in total. The molecule has 0 unspecified atom stereocenters. The molecule has 0 saturated heterocycles. The van der Waals surface area contributed by atoms with E-state index in [4.69, 9.17) is 0 Å². The fraction of sp³-hybridized carbons (Fsp3) is 0.257. The molecule has 2 amide bonds. The molecule has 0 heterocycles. The van der Waals surface area contributed by atoms with E-state index in [1.165, 1.54) is 21.3 Å². The van der Waals surface area contributed by atoms with Crippen molar-refractivity contribution < 1.29 is 18.0 Å². The Morgan fingerprint density at radius 2 is 1.30 bits per heavy atom. The highest BCUT2D eigenvalue weighted by Crippen LogP contribution is 2.28. The van der Waals surface area contributed by atoms with Gasteiger partial charge in [0.15, 0.2) is 0 Å². The summed E-state index contributed by atoms with van der Waals surface area (Å²) in [6.45, 7) is 4.06. The summed E-state index contributed by atoms with van der Waals surface area (Å²) in [6, 6.07) is 33.5. The van der Waals surface area contributed by atoms with Gasteiger partial charge in [-0.2, -0.15) is 0 Å². The Hall–Kier alpha value is -4.43. The van der Waals surface area contributed by atoms with E-state index in [1.54, 1.807) is 30.3 Å². The summed E-state index contributed by atoms with van der Waals surface area (Å²) in [5.74, 6) is -0.747. The van der Waals surface area contributed by atoms with Crippen molar-refractivity contribution in [3.63, 3.8) is 0 Å². The summed E-state index contributed by atoms with van der Waals surface area (Å²) in [5.41, 5.74) is 2.97. The second kappa shape index (κ2) is 15.2. The van der Waals surface area contributed by atoms with Crippen LogP contribution in [0, 0.1) is 0 Å². The predicted molar refractivity (Wildman–Crippen MR) is 171 cm³/mol. The van der Waals surface area contributed by atoms with E-state index < -0.39 is 28.5 Å². The third-order valence-corrected chi connectivity index (χ3v) is 9.04. The second-order valence-electron chi connectivity index (χ2n) is 10.3. The number of benzene rings is 4. The minimum atomic E-state index is -4.12. The van der Waals surface area contributed by atoms with Crippen molar-refractivity contribution in [2.45, 2.75) is 50.6 Å². The first-order chi connectivity index (χ1) is 20.8. The molecule has 0 spiro atoms. The zero-order chi connectivity index (χ0) is 30.7. The number of sulfonamides is 1. The van der Waals surface area contributed by atoms with Crippen LogP contribution in [0.25, 0.3) is 0 Å². The predicted octanol–water partition coefficient (Wildman–Crippen LogP) is 5.61. The zero-order valence-corrected chi connectivity index (χ0v) is 25.5. The molecule has 0 fully saturated rings. The third kappa shape index (κ3) is 8.11. The zero-order valence-electron chi connectivity index (χ0n) is 24.7. The average molecular weight is 598 g/mol. The van der Waals surface area contributed by atoms with Crippen LogP contribution in [0.4, 0.5) is 5.69 Å². The van der Waals surface area contributed by atoms with Gasteiger partial charge in [-0.3, -0.25) is 13.9 Å². The minimum Gasteiger partial charge on any atom is -0.354 e. The fourth-order valence-corrected chi connectivity index (χ4v) is 6.46. The molecule has 7 nitrogen and oxygen atoms in total. The summed E-state index contributed by atoms with van der Waals surface area (Å²) < 4.78 is 29.4. The highest BCUT2D eigenvalue weighted by Gasteiger charge is 2.35. The monoisotopic (exact) mass is 597 g/mol. The molecule has 0 radical (unpaired) electrons. The molecule has 0 aliphatic rings. The van der Waals surface area contributed by atoms with E-state index in [9.17, 15) is 18.0 Å². The number of carbonyl (C=O) groups is 2. The van der Waals surface area contributed by atoms with Crippen molar-refractivity contribution >= 4 is 27.5 Å². The number of amides is 2. The van der Waals surface area contributed by atoms with Crippen molar-refractivity contribution in [3.05, 3.63) is 132 Å². The Morgan fingerprint density at radius 3 is 1.91 bits per heavy atom. The molecule has 0 aliphatic carbocycles. The number of hydrogen-bond acceptors (Lipinski definition) is 4. The van der Waals surface area contributed by atoms with Gasteiger partial charge in [0.25, 0.3) is 10.0 Å². The van der Waals surface area contributed by atoms with Gasteiger partial charge in [0.1, 0.15) is 12.6 Å². The van der Waals surface area contributed by atoms with Gasteiger partial charge in [-0.1, -0.05) is 111 Å². The lowest BCUT2D eigenvalue weighted by molar-refractivity contribution is -0.140. The smallest absolute Gasteiger partial charge is 0.264 e. The molecule has 4 aromatic carbocycles. The van der Waals surface area contributed by atoms with Crippen molar-refractivity contribution in [3.8, 4) is 0 Å². The SMILES string of the molecule is CCCNC(=O)[C@H](Cc1ccccc1)N(Cc1ccccc1)C(=O)CN(c1ccccc1CC)S(=O)(=O)c1ccccc1. The van der Waals surface area contributed by atoms with Gasteiger partial charge < -0.3 is 10.2 Å². The number of hydrogen-bond donors (Lipinski definition) is 1. The number of carbonyl (C=O) groups excluding carboxylic acids is 2. The lowest BCUT2D eigenvalue weighted by atomic mass is 10.0. The van der Waals surface area contributed by atoms with Crippen molar-refractivity contribution in [2.75, 3.05) is 17.4 Å². The van der Waals surface area contributed by atoms with Gasteiger partial charge >= 0.3 is 0 Å². The minimum absolute atomic E-state index is 0.0878. The molecule has 4 aromatic rings. The van der Waals surface area contributed by atoms with E-state index in [0.717, 1.165) is 23.1 Å². The normalized spacial score (nSPS) is 11.9. The Kier molecular flexibility index (Phi) is 11.1. The van der Waals surface area contributed by atoms with E-state index in [0.29, 0.717) is 18.7 Å². The van der Waals surface area contributed by atoms with Gasteiger partial charge in [0, 0.05) is 19.5 Å². The molecule has 1 atom stereocenters. The lowest BCUT2D eigenvalue weighted by Crippen LogP contribution is -2.53. The van der Waals surface area contributed by atoms with E-state index in [-0.39, 0.29) is 23.8 Å². The molecule has 0 saturated carbocycles. The molecule has 0 aliphatic heterocycles. The van der Waals surface area contributed by atoms with Crippen LogP contribution < -0.4 is 9.62 Å².